The maximum absolute atomic E-state index is 11.0. The zero-order chi connectivity index (χ0) is 12.9. The summed E-state index contributed by atoms with van der Waals surface area (Å²) in [5, 5.41) is 15.0. The van der Waals surface area contributed by atoms with Crippen LogP contribution >= 0.6 is 0 Å². The third-order valence-electron chi connectivity index (χ3n) is 3.64. The summed E-state index contributed by atoms with van der Waals surface area (Å²) in [6, 6.07) is 0. The van der Waals surface area contributed by atoms with Gasteiger partial charge in [0.1, 0.15) is 24.1 Å². The van der Waals surface area contributed by atoms with Crippen molar-refractivity contribution in [3.63, 3.8) is 0 Å². The van der Waals surface area contributed by atoms with Crippen LogP contribution in [0.4, 0.5) is 5.69 Å². The average molecular weight is 253 g/mol. The molecule has 4 atom stereocenters. The predicted octanol–water partition coefficient (Wildman–Crippen LogP) is 1.34. The van der Waals surface area contributed by atoms with Crippen molar-refractivity contribution in [1.82, 2.24) is 9.78 Å². The predicted molar refractivity (Wildman–Crippen MR) is 61.0 cm³/mol. The van der Waals surface area contributed by atoms with Crippen LogP contribution in [0.5, 0.6) is 0 Å². The van der Waals surface area contributed by atoms with Gasteiger partial charge in [-0.3, -0.25) is 14.8 Å². The lowest BCUT2D eigenvalue weighted by molar-refractivity contribution is -0.386. The first-order valence-electron chi connectivity index (χ1n) is 6.05. The molecule has 0 spiro atoms. The van der Waals surface area contributed by atoms with E-state index in [-0.39, 0.29) is 30.1 Å². The lowest BCUT2D eigenvalue weighted by Gasteiger charge is -2.19. The van der Waals surface area contributed by atoms with E-state index in [0.29, 0.717) is 5.69 Å². The zero-order valence-electron chi connectivity index (χ0n) is 10.3. The molecule has 0 saturated carbocycles. The number of epoxide rings is 1. The van der Waals surface area contributed by atoms with Gasteiger partial charge in [-0.2, -0.15) is 5.10 Å². The molecular formula is C11H15N3O4. The summed E-state index contributed by atoms with van der Waals surface area (Å²) in [6.45, 7) is 1.95. The molecule has 1 aromatic heterocycles. The summed E-state index contributed by atoms with van der Waals surface area (Å²) in [7, 11) is 1.71. The molecule has 2 aliphatic rings. The third-order valence-corrected chi connectivity index (χ3v) is 3.64. The van der Waals surface area contributed by atoms with Crippen LogP contribution in [0.25, 0.3) is 0 Å². The molecule has 4 unspecified atom stereocenters. The molecular weight excluding hydrogens is 238 g/mol. The summed E-state index contributed by atoms with van der Waals surface area (Å²) in [5.41, 5.74) is 0.583. The van der Waals surface area contributed by atoms with E-state index in [1.54, 1.807) is 7.05 Å². The first-order chi connectivity index (χ1) is 8.58. The van der Waals surface area contributed by atoms with Crippen LogP contribution < -0.4 is 0 Å². The number of hydrogen-bond acceptors (Lipinski definition) is 5. The van der Waals surface area contributed by atoms with Gasteiger partial charge in [-0.25, -0.2) is 0 Å². The molecule has 0 amide bonds. The van der Waals surface area contributed by atoms with E-state index in [0.717, 1.165) is 12.8 Å². The minimum atomic E-state index is -0.404. The van der Waals surface area contributed by atoms with Gasteiger partial charge in [0.05, 0.1) is 17.1 Å². The normalized spacial score (nSPS) is 34.8. The Bertz CT molecular complexity index is 487. The molecule has 98 valence electrons. The number of hydrogen-bond donors (Lipinski definition) is 0. The summed E-state index contributed by atoms with van der Waals surface area (Å²) in [6.07, 6.45) is 3.00. The second-order valence-electron chi connectivity index (χ2n) is 4.84. The van der Waals surface area contributed by atoms with Gasteiger partial charge in [-0.05, 0) is 19.8 Å². The number of aromatic nitrogens is 2. The molecule has 0 radical (unpaired) electrons. The first kappa shape index (κ1) is 11.6. The minimum absolute atomic E-state index is 0.0306. The highest BCUT2D eigenvalue weighted by Crippen LogP contribution is 2.41. The maximum atomic E-state index is 11.0. The van der Waals surface area contributed by atoms with E-state index in [1.165, 1.54) is 10.9 Å². The Morgan fingerprint density at radius 1 is 1.50 bits per heavy atom. The Hall–Kier alpha value is -1.47. The molecule has 0 aliphatic carbocycles. The lowest BCUT2D eigenvalue weighted by Crippen LogP contribution is -2.19. The first-order valence-corrected chi connectivity index (χ1v) is 6.05. The van der Waals surface area contributed by atoms with Crippen molar-refractivity contribution >= 4 is 5.69 Å². The maximum Gasteiger partial charge on any atom is 0.312 e. The van der Waals surface area contributed by atoms with Crippen molar-refractivity contribution in [2.24, 2.45) is 7.05 Å². The van der Waals surface area contributed by atoms with E-state index in [9.17, 15) is 10.1 Å². The number of fused-ring (bicyclic) bond motifs is 1. The van der Waals surface area contributed by atoms with Gasteiger partial charge in [-0.1, -0.05) is 0 Å². The standard InChI is InChI=1S/C11H15N3O4/c1-6-11-9(18-11)4-3-8(17-6)10-7(14(15)16)5-12-13(10)2/h5-6,8-9,11H,3-4H2,1-2H3. The Labute approximate surface area is 104 Å². The van der Waals surface area contributed by atoms with Gasteiger partial charge < -0.3 is 9.47 Å². The van der Waals surface area contributed by atoms with Crippen LogP contribution in [0.15, 0.2) is 6.20 Å². The largest absolute Gasteiger partial charge is 0.367 e. The fourth-order valence-corrected chi connectivity index (χ4v) is 2.67. The van der Waals surface area contributed by atoms with Gasteiger partial charge >= 0.3 is 5.69 Å². The molecule has 2 saturated heterocycles. The number of ether oxygens (including phenoxy) is 2. The lowest BCUT2D eigenvalue weighted by atomic mass is 10.1. The van der Waals surface area contributed by atoms with Crippen LogP contribution in [0.1, 0.15) is 31.6 Å². The van der Waals surface area contributed by atoms with E-state index < -0.39 is 4.92 Å². The number of aryl methyl sites for hydroxylation is 1. The average Bonchev–Trinajstić information content (AvgIpc) is 3.01. The van der Waals surface area contributed by atoms with Gasteiger partial charge in [0.15, 0.2) is 0 Å². The minimum Gasteiger partial charge on any atom is -0.367 e. The van der Waals surface area contributed by atoms with Gasteiger partial charge in [0.2, 0.25) is 0 Å². The fourth-order valence-electron chi connectivity index (χ4n) is 2.67. The topological polar surface area (TPSA) is 82.7 Å². The molecule has 7 heteroatoms. The summed E-state index contributed by atoms with van der Waals surface area (Å²) in [4.78, 5) is 10.6. The van der Waals surface area contributed by atoms with Gasteiger partial charge in [-0.15, -0.1) is 0 Å². The highest BCUT2D eigenvalue weighted by atomic mass is 16.6. The van der Waals surface area contributed by atoms with Crippen LogP contribution in [-0.4, -0.2) is 33.0 Å². The monoisotopic (exact) mass is 253 g/mol. The molecule has 0 N–H and O–H groups in total. The SMILES string of the molecule is CC1OC(c2c([N+](=O)[O-])cnn2C)CCC2OC12. The molecule has 2 aliphatic heterocycles. The number of rotatable bonds is 2. The highest BCUT2D eigenvalue weighted by Gasteiger charge is 2.47. The van der Waals surface area contributed by atoms with E-state index in [2.05, 4.69) is 5.10 Å². The quantitative estimate of drug-likeness (QED) is 0.451. The molecule has 3 rings (SSSR count). The molecule has 3 heterocycles. The Balaban J connectivity index is 1.89. The number of nitrogens with zero attached hydrogens (tertiary/aromatic N) is 3. The van der Waals surface area contributed by atoms with E-state index in [4.69, 9.17) is 9.47 Å². The molecule has 2 fully saturated rings. The zero-order valence-corrected chi connectivity index (χ0v) is 10.3. The van der Waals surface area contributed by atoms with E-state index in [1.807, 2.05) is 6.92 Å². The Morgan fingerprint density at radius 3 is 3.00 bits per heavy atom. The highest BCUT2D eigenvalue weighted by molar-refractivity contribution is 5.35. The van der Waals surface area contributed by atoms with Crippen molar-refractivity contribution in [1.29, 1.82) is 0 Å². The Morgan fingerprint density at radius 2 is 2.28 bits per heavy atom. The van der Waals surface area contributed by atoms with Gasteiger partial charge in [0, 0.05) is 7.05 Å². The van der Waals surface area contributed by atoms with Crippen LogP contribution in [0.2, 0.25) is 0 Å². The third kappa shape index (κ3) is 1.79. The van der Waals surface area contributed by atoms with Gasteiger partial charge in [0.25, 0.3) is 0 Å². The van der Waals surface area contributed by atoms with Crippen molar-refractivity contribution in [3.05, 3.63) is 22.0 Å². The van der Waals surface area contributed by atoms with Crippen LogP contribution in [0.3, 0.4) is 0 Å². The van der Waals surface area contributed by atoms with Crippen molar-refractivity contribution < 1.29 is 14.4 Å². The summed E-state index contributed by atoms with van der Waals surface area (Å²) >= 11 is 0. The van der Waals surface area contributed by atoms with Crippen molar-refractivity contribution in [2.45, 2.75) is 44.2 Å². The Kier molecular flexibility index (Phi) is 2.60. The van der Waals surface area contributed by atoms with E-state index >= 15 is 0 Å². The number of nitro groups is 1. The smallest absolute Gasteiger partial charge is 0.312 e. The van der Waals surface area contributed by atoms with Crippen LogP contribution in [0, 0.1) is 10.1 Å². The molecule has 0 bridgehead atoms. The van der Waals surface area contributed by atoms with Crippen LogP contribution in [-0.2, 0) is 16.5 Å². The summed E-state index contributed by atoms with van der Waals surface area (Å²) < 4.78 is 12.9. The fraction of sp³-hybridized carbons (Fsp3) is 0.727. The molecule has 7 nitrogen and oxygen atoms in total. The van der Waals surface area contributed by atoms with Crippen molar-refractivity contribution in [3.8, 4) is 0 Å². The van der Waals surface area contributed by atoms with Crippen molar-refractivity contribution in [2.75, 3.05) is 0 Å². The summed E-state index contributed by atoms with van der Waals surface area (Å²) in [5.74, 6) is 0. The second-order valence-corrected chi connectivity index (χ2v) is 4.84. The molecule has 0 aromatic carbocycles. The second kappa shape index (κ2) is 4.03. The molecule has 1 aromatic rings. The molecule has 18 heavy (non-hydrogen) atoms.